The van der Waals surface area contributed by atoms with Gasteiger partial charge >= 0.3 is 8.60 Å². The lowest BCUT2D eigenvalue weighted by Gasteiger charge is -2.00. The first-order valence-electron chi connectivity index (χ1n) is 3.83. The molecule has 13 heavy (non-hydrogen) atoms. The molecule has 0 amide bonds. The molecule has 0 aliphatic rings. The topological polar surface area (TPSA) is 62.6 Å². The highest BCUT2D eigenvalue weighted by atomic mass is 32.1. The zero-order valence-corrected chi connectivity index (χ0v) is 9.23. The molecule has 0 spiro atoms. The van der Waals surface area contributed by atoms with Gasteiger partial charge in [0, 0.05) is 11.3 Å². The first-order chi connectivity index (χ1) is 6.09. The van der Waals surface area contributed by atoms with Crippen LogP contribution in [0.3, 0.4) is 0 Å². The summed E-state index contributed by atoms with van der Waals surface area (Å²) in [7, 11) is -2.22. The number of aryl methyl sites for hydroxylation is 2. The van der Waals surface area contributed by atoms with E-state index in [1.165, 1.54) is 4.88 Å². The van der Waals surface area contributed by atoms with E-state index in [1.807, 2.05) is 13.8 Å². The average Bonchev–Trinajstić information content (AvgIpc) is 2.30. The van der Waals surface area contributed by atoms with E-state index in [0.29, 0.717) is 13.0 Å². The minimum atomic E-state index is -2.22. The van der Waals surface area contributed by atoms with Crippen LogP contribution in [0.5, 0.6) is 0 Å². The van der Waals surface area contributed by atoms with Gasteiger partial charge in [0.05, 0.1) is 17.3 Å². The van der Waals surface area contributed by atoms with E-state index in [0.717, 1.165) is 10.7 Å². The predicted octanol–water partition coefficient (Wildman–Crippen LogP) is 1.53. The number of aromatic nitrogens is 1. The van der Waals surface area contributed by atoms with Crippen LogP contribution in [0.15, 0.2) is 0 Å². The fraction of sp³-hybridized carbons (Fsp3) is 0.571. The van der Waals surface area contributed by atoms with Crippen LogP contribution < -0.4 is 0 Å². The highest BCUT2D eigenvalue weighted by Crippen LogP contribution is 2.25. The lowest BCUT2D eigenvalue weighted by Crippen LogP contribution is -1.93. The zero-order chi connectivity index (χ0) is 9.84. The normalized spacial score (nSPS) is 11.2. The standard InChI is InChI=1S/C7H12NO3PS/c1-5-6(2)13-7(8-5)3-4-11-12(9)10/h9-10H,3-4H2,1-2H3. The highest BCUT2D eigenvalue weighted by molar-refractivity contribution is 7.39. The summed E-state index contributed by atoms with van der Waals surface area (Å²) in [6.45, 7) is 4.29. The van der Waals surface area contributed by atoms with E-state index in [-0.39, 0.29) is 0 Å². The third-order valence-electron chi connectivity index (χ3n) is 1.60. The predicted molar refractivity (Wildman–Crippen MR) is 52.6 cm³/mol. The van der Waals surface area contributed by atoms with Gasteiger partial charge in [-0.25, -0.2) is 4.98 Å². The molecule has 74 valence electrons. The average molecular weight is 221 g/mol. The molecule has 6 heteroatoms. The maximum Gasteiger partial charge on any atom is 0.327 e. The number of rotatable bonds is 4. The second-order valence-electron chi connectivity index (χ2n) is 2.59. The van der Waals surface area contributed by atoms with Gasteiger partial charge in [-0.05, 0) is 13.8 Å². The van der Waals surface area contributed by atoms with E-state index in [9.17, 15) is 0 Å². The second kappa shape index (κ2) is 4.98. The van der Waals surface area contributed by atoms with Gasteiger partial charge in [0.15, 0.2) is 0 Å². The third-order valence-corrected chi connectivity index (χ3v) is 3.14. The van der Waals surface area contributed by atoms with E-state index in [4.69, 9.17) is 9.79 Å². The molecule has 0 unspecified atom stereocenters. The van der Waals surface area contributed by atoms with Crippen LogP contribution in [0.25, 0.3) is 0 Å². The first-order valence-corrected chi connectivity index (χ1v) is 5.81. The Morgan fingerprint density at radius 2 is 2.15 bits per heavy atom. The summed E-state index contributed by atoms with van der Waals surface area (Å²) < 4.78 is 4.64. The maximum atomic E-state index is 8.47. The first kappa shape index (κ1) is 11.0. The van der Waals surface area contributed by atoms with Crippen molar-refractivity contribution >= 4 is 19.9 Å². The summed E-state index contributed by atoms with van der Waals surface area (Å²) in [6.07, 6.45) is 0.638. The van der Waals surface area contributed by atoms with Crippen LogP contribution in [0, 0.1) is 13.8 Å². The van der Waals surface area contributed by atoms with Crippen molar-refractivity contribution < 1.29 is 14.3 Å². The Bertz CT molecular complexity index is 257. The smallest absolute Gasteiger partial charge is 0.327 e. The molecular formula is C7H12NO3PS. The molecule has 1 aromatic heterocycles. The quantitative estimate of drug-likeness (QED) is 0.757. The van der Waals surface area contributed by atoms with Gasteiger partial charge in [0.2, 0.25) is 0 Å². The van der Waals surface area contributed by atoms with Gasteiger partial charge in [0.25, 0.3) is 0 Å². The van der Waals surface area contributed by atoms with Gasteiger partial charge < -0.3 is 14.3 Å². The summed E-state index contributed by atoms with van der Waals surface area (Å²) in [5.41, 5.74) is 1.04. The van der Waals surface area contributed by atoms with Crippen molar-refractivity contribution in [3.05, 3.63) is 15.6 Å². The van der Waals surface area contributed by atoms with Crippen LogP contribution in [-0.4, -0.2) is 21.4 Å². The monoisotopic (exact) mass is 221 g/mol. The fourth-order valence-electron chi connectivity index (χ4n) is 0.861. The molecule has 4 nitrogen and oxygen atoms in total. The highest BCUT2D eigenvalue weighted by Gasteiger charge is 2.04. The third kappa shape index (κ3) is 3.67. The number of nitrogens with zero attached hydrogens (tertiary/aromatic N) is 1. The Hall–Kier alpha value is -0.0600. The number of thiazole rings is 1. The van der Waals surface area contributed by atoms with E-state index in [2.05, 4.69) is 9.51 Å². The van der Waals surface area contributed by atoms with Crippen molar-refractivity contribution in [3.63, 3.8) is 0 Å². The Kier molecular flexibility index (Phi) is 4.22. The van der Waals surface area contributed by atoms with Crippen molar-refractivity contribution in [1.82, 2.24) is 4.98 Å². The molecule has 2 N–H and O–H groups in total. The molecule has 1 heterocycles. The molecular weight excluding hydrogens is 209 g/mol. The van der Waals surface area contributed by atoms with Crippen LogP contribution in [0.1, 0.15) is 15.6 Å². The summed E-state index contributed by atoms with van der Waals surface area (Å²) >= 11 is 1.62. The van der Waals surface area contributed by atoms with Gasteiger partial charge in [0.1, 0.15) is 0 Å². The molecule has 1 aromatic rings. The molecule has 0 aromatic carbocycles. The molecule has 0 aliphatic heterocycles. The molecule has 0 fully saturated rings. The maximum absolute atomic E-state index is 8.47. The molecule has 0 saturated heterocycles. The zero-order valence-electron chi connectivity index (χ0n) is 7.52. The van der Waals surface area contributed by atoms with E-state index >= 15 is 0 Å². The SMILES string of the molecule is Cc1nc(CCOP(O)O)sc1C. The summed E-state index contributed by atoms with van der Waals surface area (Å²) in [5.74, 6) is 0. The van der Waals surface area contributed by atoms with Gasteiger partial charge in [-0.15, -0.1) is 11.3 Å². The minimum absolute atomic E-state index is 0.311. The number of hydrogen-bond donors (Lipinski definition) is 2. The Morgan fingerprint density at radius 1 is 1.46 bits per heavy atom. The van der Waals surface area contributed by atoms with Crippen molar-refractivity contribution in [3.8, 4) is 0 Å². The van der Waals surface area contributed by atoms with Crippen molar-refractivity contribution in [2.45, 2.75) is 20.3 Å². The van der Waals surface area contributed by atoms with Crippen molar-refractivity contribution in [2.24, 2.45) is 0 Å². The van der Waals surface area contributed by atoms with Crippen LogP contribution >= 0.6 is 19.9 Å². The molecule has 0 atom stereocenters. The summed E-state index contributed by atoms with van der Waals surface area (Å²) in [6, 6.07) is 0. The van der Waals surface area contributed by atoms with E-state index in [1.54, 1.807) is 11.3 Å². The second-order valence-corrected chi connectivity index (χ2v) is 4.64. The largest absolute Gasteiger partial charge is 0.328 e. The van der Waals surface area contributed by atoms with Crippen LogP contribution in [0.2, 0.25) is 0 Å². The lowest BCUT2D eigenvalue weighted by atomic mass is 10.4. The molecule has 0 saturated carbocycles. The molecule has 1 rings (SSSR count). The van der Waals surface area contributed by atoms with Gasteiger partial charge in [-0.3, -0.25) is 0 Å². The molecule has 0 radical (unpaired) electrons. The molecule has 0 aliphatic carbocycles. The van der Waals surface area contributed by atoms with Crippen molar-refractivity contribution in [1.29, 1.82) is 0 Å². The van der Waals surface area contributed by atoms with Gasteiger partial charge in [-0.2, -0.15) is 0 Å². The Morgan fingerprint density at radius 3 is 2.62 bits per heavy atom. The Balaban J connectivity index is 2.37. The summed E-state index contributed by atoms with van der Waals surface area (Å²) in [5, 5.41) is 0.979. The van der Waals surface area contributed by atoms with Crippen LogP contribution in [-0.2, 0) is 10.9 Å². The Labute approximate surface area is 82.2 Å². The minimum Gasteiger partial charge on any atom is -0.328 e. The van der Waals surface area contributed by atoms with E-state index < -0.39 is 8.60 Å². The fourth-order valence-corrected chi connectivity index (χ4v) is 2.03. The number of hydrogen-bond acceptors (Lipinski definition) is 5. The lowest BCUT2D eigenvalue weighted by molar-refractivity contribution is 0.258. The van der Waals surface area contributed by atoms with Gasteiger partial charge in [-0.1, -0.05) is 0 Å². The van der Waals surface area contributed by atoms with Crippen molar-refractivity contribution in [2.75, 3.05) is 6.61 Å². The molecule has 0 bridgehead atoms. The summed E-state index contributed by atoms with van der Waals surface area (Å²) in [4.78, 5) is 22.4. The van der Waals surface area contributed by atoms with Crippen LogP contribution in [0.4, 0.5) is 0 Å².